The lowest BCUT2D eigenvalue weighted by atomic mass is 9.89. The quantitative estimate of drug-likeness (QED) is 0.0364. The number of benzene rings is 2. The predicted octanol–water partition coefficient (Wildman–Crippen LogP) is 8.54. The molecule has 12 nitrogen and oxygen atoms in total. The molecule has 3 heterocycles. The summed E-state index contributed by atoms with van der Waals surface area (Å²) in [5, 5.41) is 13.7. The molecular weight excluding hydrogens is 805 g/mol. The van der Waals surface area contributed by atoms with Gasteiger partial charge in [-0.15, -0.1) is 36.3 Å². The van der Waals surface area contributed by atoms with Crippen LogP contribution in [0.1, 0.15) is 38.8 Å². The van der Waals surface area contributed by atoms with Crippen molar-refractivity contribution in [2.24, 2.45) is 0 Å². The first kappa shape index (κ1) is 43.5. The summed E-state index contributed by atoms with van der Waals surface area (Å²) in [4.78, 5) is 18.3. The van der Waals surface area contributed by atoms with Crippen LogP contribution in [0.15, 0.2) is 104 Å². The number of hydrogen-bond donors (Lipinski definition) is 0. The van der Waals surface area contributed by atoms with Crippen LogP contribution in [-0.2, 0) is 51.1 Å². The fourth-order valence-corrected chi connectivity index (χ4v) is 8.76. The van der Waals surface area contributed by atoms with Gasteiger partial charge in [0.15, 0.2) is 11.9 Å². The molecule has 2 atom stereocenters. The zero-order valence-corrected chi connectivity index (χ0v) is 33.1. The zero-order chi connectivity index (χ0) is 40.8. The van der Waals surface area contributed by atoms with Crippen LogP contribution in [0.5, 0.6) is 0 Å². The van der Waals surface area contributed by atoms with Crippen LogP contribution < -0.4 is 0 Å². The van der Waals surface area contributed by atoms with Gasteiger partial charge >= 0.3 is 13.8 Å². The van der Waals surface area contributed by atoms with Gasteiger partial charge in [-0.05, 0) is 48.7 Å². The van der Waals surface area contributed by atoms with Crippen molar-refractivity contribution in [1.29, 1.82) is 5.26 Å². The minimum Gasteiger partial charge on any atom is -0.447 e. The molecule has 18 heteroatoms. The number of phosphoric ester groups is 1. The number of ether oxygens (including phenoxy) is 3. The molecule has 0 N–H and O–H groups in total. The van der Waals surface area contributed by atoms with Gasteiger partial charge in [-0.3, -0.25) is 13.6 Å². The normalized spacial score (nSPS) is 17.6. The number of nitriles is 1. The lowest BCUT2D eigenvalue weighted by Gasteiger charge is -2.40. The third kappa shape index (κ3) is 11.7. The number of nitrogens with zero attached hydrogens (tertiary/aromatic N) is 4. The van der Waals surface area contributed by atoms with Crippen molar-refractivity contribution in [3.05, 3.63) is 149 Å². The summed E-state index contributed by atoms with van der Waals surface area (Å²) in [5.41, 5.74) is -1.14. The highest BCUT2D eigenvalue weighted by molar-refractivity contribution is 8.00. The van der Waals surface area contributed by atoms with E-state index in [0.717, 1.165) is 23.5 Å². The number of esters is 1. The molecule has 1 fully saturated rings. The monoisotopic (exact) mass is 842 g/mol. The molecule has 1 aliphatic rings. The van der Waals surface area contributed by atoms with Crippen LogP contribution in [-0.4, -0.2) is 64.0 Å². The van der Waals surface area contributed by atoms with Gasteiger partial charge in [-0.1, -0.05) is 36.4 Å². The molecule has 5 rings (SSSR count). The van der Waals surface area contributed by atoms with E-state index >= 15 is 4.39 Å². The van der Waals surface area contributed by atoms with Crippen LogP contribution in [0.25, 0.3) is 6.08 Å². The number of hydrogen-bond acceptors (Lipinski definition) is 13. The minimum absolute atomic E-state index is 0.0617. The van der Waals surface area contributed by atoms with Gasteiger partial charge in [-0.25, -0.2) is 32.2 Å². The Bertz CT molecular complexity index is 2140. The topological polar surface area (TPSA) is 144 Å². The van der Waals surface area contributed by atoms with E-state index in [-0.39, 0.29) is 66.4 Å². The Morgan fingerprint density at radius 3 is 2.51 bits per heavy atom. The number of carbonyl (C=O) groups excluding carboxylic acids is 1. The molecule has 0 spiro atoms. The second kappa shape index (κ2) is 20.7. The summed E-state index contributed by atoms with van der Waals surface area (Å²) in [7, 11) is -4.10. The number of aromatic nitrogens is 3. The van der Waals surface area contributed by atoms with Gasteiger partial charge in [0.2, 0.25) is 0 Å². The van der Waals surface area contributed by atoms with Gasteiger partial charge in [-0.2, -0.15) is 10.4 Å². The lowest BCUT2D eigenvalue weighted by Crippen LogP contribution is -2.47. The first-order valence-corrected chi connectivity index (χ1v) is 20.5. The molecule has 2 unspecified atom stereocenters. The number of halogens is 3. The Morgan fingerprint density at radius 1 is 1.11 bits per heavy atom. The molecule has 57 heavy (non-hydrogen) atoms. The Morgan fingerprint density at radius 2 is 1.86 bits per heavy atom. The zero-order valence-electron chi connectivity index (χ0n) is 30.6. The van der Waals surface area contributed by atoms with E-state index in [0.29, 0.717) is 11.6 Å². The lowest BCUT2D eigenvalue weighted by molar-refractivity contribution is -0.146. The van der Waals surface area contributed by atoms with Crippen molar-refractivity contribution in [1.82, 2.24) is 14.8 Å². The Kier molecular flexibility index (Phi) is 15.8. The first-order chi connectivity index (χ1) is 27.5. The molecule has 0 aliphatic carbocycles. The van der Waals surface area contributed by atoms with E-state index in [1.807, 2.05) is 6.07 Å². The summed E-state index contributed by atoms with van der Waals surface area (Å²) in [6.45, 7) is 8.32. The standard InChI is InChI=1S/C39H38F3N4O8PS2/c1-4-15-51-55(48,52-16-5-2)53-21-30-14-17-56-37(30)38(47)54-39(24-46-26-44-25-45-46,33-13-12-31(40)19-35(33)42)27(3)57-32-22-49-36(50-23-32)9-7-6-8-29-11-10-28(20-43)18-34(29)41/h4-14,17-19,25-27,32,36H,1-2,15-16,21-24H2,3H3. The van der Waals surface area contributed by atoms with Crippen LogP contribution in [0.2, 0.25) is 0 Å². The third-order valence-electron chi connectivity index (χ3n) is 8.27. The van der Waals surface area contributed by atoms with Crippen molar-refractivity contribution in [3.8, 4) is 6.07 Å². The molecular formula is C39H38F3N4O8PS2. The van der Waals surface area contributed by atoms with Crippen molar-refractivity contribution in [3.63, 3.8) is 0 Å². The molecule has 1 saturated heterocycles. The smallest absolute Gasteiger partial charge is 0.447 e. The molecule has 2 aromatic heterocycles. The summed E-state index contributed by atoms with van der Waals surface area (Å²) in [5.74, 6) is -3.19. The SMILES string of the molecule is C=CCOP(=O)(OCC=C)OCc1ccsc1C(=O)OC(Cn1cncn1)(c1ccc(F)cc1F)C(C)SC1COC(C=CC=Cc2ccc(C#N)cc2F)OC1. The van der Waals surface area contributed by atoms with Gasteiger partial charge in [0.25, 0.3) is 0 Å². The average molecular weight is 843 g/mol. The molecule has 0 saturated carbocycles. The van der Waals surface area contributed by atoms with E-state index in [1.54, 1.807) is 42.7 Å². The van der Waals surface area contributed by atoms with Crippen LogP contribution in [0, 0.1) is 28.8 Å². The largest absolute Gasteiger partial charge is 0.475 e. The second-order valence-corrected chi connectivity index (χ2v) is 16.4. The van der Waals surface area contributed by atoms with Crippen LogP contribution in [0.3, 0.4) is 0 Å². The number of phosphoric acid groups is 1. The van der Waals surface area contributed by atoms with E-state index in [4.69, 9.17) is 33.0 Å². The van der Waals surface area contributed by atoms with E-state index in [2.05, 4.69) is 23.2 Å². The van der Waals surface area contributed by atoms with Gasteiger partial charge in [0.1, 0.15) is 35.0 Å². The maximum Gasteiger partial charge on any atom is 0.475 e. The van der Waals surface area contributed by atoms with Gasteiger partial charge in [0, 0.05) is 28.0 Å². The van der Waals surface area contributed by atoms with Gasteiger partial charge < -0.3 is 14.2 Å². The molecule has 0 bridgehead atoms. The Balaban J connectivity index is 1.36. The number of allylic oxidation sites excluding steroid dienone is 2. The van der Waals surface area contributed by atoms with Crippen molar-refractivity contribution in [2.45, 2.75) is 42.5 Å². The van der Waals surface area contributed by atoms with E-state index in [1.165, 1.54) is 59.4 Å². The van der Waals surface area contributed by atoms with Crippen molar-refractivity contribution < 1.29 is 50.3 Å². The third-order valence-corrected chi connectivity index (χ3v) is 12.0. The van der Waals surface area contributed by atoms with Crippen molar-refractivity contribution >= 4 is 43.0 Å². The maximum atomic E-state index is 15.9. The minimum atomic E-state index is -4.10. The highest BCUT2D eigenvalue weighted by Gasteiger charge is 2.47. The highest BCUT2D eigenvalue weighted by Crippen LogP contribution is 2.50. The number of rotatable bonds is 20. The van der Waals surface area contributed by atoms with Crippen molar-refractivity contribution in [2.75, 3.05) is 26.4 Å². The second-order valence-electron chi connectivity index (χ2n) is 12.2. The Labute approximate surface area is 335 Å². The van der Waals surface area contributed by atoms with Crippen LogP contribution >= 0.6 is 30.9 Å². The molecule has 0 amide bonds. The number of carbonyl (C=O) groups is 1. The highest BCUT2D eigenvalue weighted by atomic mass is 32.2. The van der Waals surface area contributed by atoms with Crippen LogP contribution in [0.4, 0.5) is 13.2 Å². The summed E-state index contributed by atoms with van der Waals surface area (Å²) in [6.07, 6.45) is 11.1. The molecule has 300 valence electrons. The summed E-state index contributed by atoms with van der Waals surface area (Å²) >= 11 is 2.32. The molecule has 4 aromatic rings. The Hall–Kier alpha value is -4.63. The van der Waals surface area contributed by atoms with E-state index < -0.39 is 48.4 Å². The maximum absolute atomic E-state index is 15.9. The number of thioether (sulfide) groups is 1. The van der Waals surface area contributed by atoms with Gasteiger partial charge in [0.05, 0.1) is 56.5 Å². The molecule has 1 aliphatic heterocycles. The average Bonchev–Trinajstić information content (AvgIpc) is 3.91. The fourth-order valence-electron chi connectivity index (χ4n) is 5.51. The summed E-state index contributed by atoms with van der Waals surface area (Å²) in [6, 6.07) is 10.6. The fraction of sp³-hybridized carbons (Fsp3) is 0.282. The van der Waals surface area contributed by atoms with E-state index in [9.17, 15) is 18.1 Å². The first-order valence-electron chi connectivity index (χ1n) is 17.3. The molecule has 0 radical (unpaired) electrons. The predicted molar refractivity (Wildman–Crippen MR) is 208 cm³/mol. The number of thiophene rings is 1. The summed E-state index contributed by atoms with van der Waals surface area (Å²) < 4.78 is 93.3. The molecule has 2 aromatic carbocycles.